The smallest absolute Gasteiger partial charge is 0.251 e. The molecule has 0 unspecified atom stereocenters. The van der Waals surface area contributed by atoms with Gasteiger partial charge in [0.05, 0.1) is 5.01 Å². The third-order valence-electron chi connectivity index (χ3n) is 2.94. The molecule has 2 rings (SSSR count). The monoisotopic (exact) mass is 289 g/mol. The van der Waals surface area contributed by atoms with Crippen LogP contribution in [0.25, 0.3) is 0 Å². The predicted molar refractivity (Wildman–Crippen MR) is 82.1 cm³/mol. The number of hydrogen-bond donors (Lipinski definition) is 2. The van der Waals surface area contributed by atoms with Gasteiger partial charge in [-0.1, -0.05) is 12.1 Å². The van der Waals surface area contributed by atoms with Crippen molar-refractivity contribution in [1.82, 2.24) is 10.3 Å². The Morgan fingerprint density at radius 1 is 1.30 bits per heavy atom. The zero-order valence-corrected chi connectivity index (χ0v) is 12.4. The van der Waals surface area contributed by atoms with Crippen molar-refractivity contribution in [3.05, 3.63) is 51.5 Å². The molecule has 1 amide bonds. The Hall–Kier alpha value is -1.72. The molecule has 3 N–H and O–H groups in total. The molecule has 0 aliphatic rings. The maximum absolute atomic E-state index is 12.0. The number of nitrogens with one attached hydrogen (secondary N) is 1. The molecule has 0 fully saturated rings. The van der Waals surface area contributed by atoms with E-state index in [9.17, 15) is 4.79 Å². The lowest BCUT2D eigenvalue weighted by atomic mass is 10.1. The second-order valence-electron chi connectivity index (χ2n) is 4.62. The number of amides is 1. The lowest BCUT2D eigenvalue weighted by Gasteiger charge is -2.05. The molecule has 0 saturated carbocycles. The molecule has 0 bridgehead atoms. The molecule has 0 saturated heterocycles. The Kier molecular flexibility index (Phi) is 5.26. The summed E-state index contributed by atoms with van der Waals surface area (Å²) in [6, 6.07) is 7.58. The third-order valence-corrected chi connectivity index (χ3v) is 3.97. The van der Waals surface area contributed by atoms with E-state index in [1.165, 1.54) is 0 Å². The summed E-state index contributed by atoms with van der Waals surface area (Å²) in [7, 11) is 0. The van der Waals surface area contributed by atoms with Gasteiger partial charge >= 0.3 is 0 Å². The fourth-order valence-electron chi connectivity index (χ4n) is 1.89. The Morgan fingerprint density at radius 3 is 2.65 bits per heavy atom. The summed E-state index contributed by atoms with van der Waals surface area (Å²) in [5.74, 6) is -0.0439. The Bertz CT molecular complexity index is 563. The van der Waals surface area contributed by atoms with E-state index in [2.05, 4.69) is 10.3 Å². The lowest BCUT2D eigenvalue weighted by molar-refractivity contribution is 0.0954. The summed E-state index contributed by atoms with van der Waals surface area (Å²) >= 11 is 1.63. The van der Waals surface area contributed by atoms with E-state index in [1.807, 2.05) is 36.6 Å². The van der Waals surface area contributed by atoms with E-state index < -0.39 is 0 Å². The van der Waals surface area contributed by atoms with Gasteiger partial charge in [-0.2, -0.15) is 0 Å². The lowest BCUT2D eigenvalue weighted by Crippen LogP contribution is -2.25. The quantitative estimate of drug-likeness (QED) is 0.854. The number of nitrogens with two attached hydrogens (primary N) is 1. The first-order valence-electron chi connectivity index (χ1n) is 6.67. The van der Waals surface area contributed by atoms with Crippen LogP contribution >= 0.6 is 11.3 Å². The summed E-state index contributed by atoms with van der Waals surface area (Å²) in [5, 5.41) is 5.99. The second kappa shape index (κ2) is 7.17. The standard InChI is InChI=1S/C15H19N3OS/c1-11-10-20-14(18-11)7-9-17-15(19)13-4-2-12(3-5-13)6-8-16/h2-5,10H,6-9,16H2,1H3,(H,17,19). The number of rotatable bonds is 6. The first kappa shape index (κ1) is 14.7. The summed E-state index contributed by atoms with van der Waals surface area (Å²) in [6.07, 6.45) is 1.61. The molecule has 106 valence electrons. The highest BCUT2D eigenvalue weighted by Gasteiger charge is 2.05. The van der Waals surface area contributed by atoms with Gasteiger partial charge in [-0.25, -0.2) is 4.98 Å². The summed E-state index contributed by atoms with van der Waals surface area (Å²) in [5.41, 5.74) is 8.37. The highest BCUT2D eigenvalue weighted by atomic mass is 32.1. The van der Waals surface area contributed by atoms with Gasteiger partial charge in [-0.3, -0.25) is 4.79 Å². The van der Waals surface area contributed by atoms with Gasteiger partial charge in [0, 0.05) is 29.6 Å². The highest BCUT2D eigenvalue weighted by molar-refractivity contribution is 7.09. The van der Waals surface area contributed by atoms with Crippen molar-refractivity contribution in [2.24, 2.45) is 5.73 Å². The molecular weight excluding hydrogens is 270 g/mol. The van der Waals surface area contributed by atoms with Gasteiger partial charge in [0.2, 0.25) is 0 Å². The Labute approximate surface area is 123 Å². The fourth-order valence-corrected chi connectivity index (χ4v) is 2.67. The van der Waals surface area contributed by atoms with Crippen LogP contribution in [-0.2, 0) is 12.8 Å². The average molecular weight is 289 g/mol. The number of aryl methyl sites for hydroxylation is 1. The van der Waals surface area contributed by atoms with Crippen LogP contribution in [0.15, 0.2) is 29.6 Å². The number of hydrogen-bond acceptors (Lipinski definition) is 4. The van der Waals surface area contributed by atoms with Gasteiger partial charge in [0.25, 0.3) is 5.91 Å². The summed E-state index contributed by atoms with van der Waals surface area (Å²) in [6.45, 7) is 3.20. The molecule has 0 radical (unpaired) electrons. The zero-order chi connectivity index (χ0) is 14.4. The Morgan fingerprint density at radius 2 is 2.05 bits per heavy atom. The summed E-state index contributed by atoms with van der Waals surface area (Å²) < 4.78 is 0. The van der Waals surface area contributed by atoms with Crippen LogP contribution in [0.4, 0.5) is 0 Å². The first-order chi connectivity index (χ1) is 9.69. The molecule has 0 aliphatic carbocycles. The van der Waals surface area contributed by atoms with Crippen LogP contribution in [0.2, 0.25) is 0 Å². The highest BCUT2D eigenvalue weighted by Crippen LogP contribution is 2.09. The van der Waals surface area contributed by atoms with Crippen molar-refractivity contribution in [3.63, 3.8) is 0 Å². The number of carbonyl (C=O) groups is 1. The van der Waals surface area contributed by atoms with E-state index in [0.717, 1.165) is 29.1 Å². The zero-order valence-electron chi connectivity index (χ0n) is 11.6. The van der Waals surface area contributed by atoms with Gasteiger partial charge in [0.15, 0.2) is 0 Å². The molecule has 4 nitrogen and oxygen atoms in total. The van der Waals surface area contributed by atoms with Crippen LogP contribution in [0, 0.1) is 6.92 Å². The number of nitrogens with zero attached hydrogens (tertiary/aromatic N) is 1. The van der Waals surface area contributed by atoms with Crippen LogP contribution in [0.3, 0.4) is 0 Å². The van der Waals surface area contributed by atoms with Crippen molar-refractivity contribution in [2.75, 3.05) is 13.1 Å². The molecule has 0 spiro atoms. The minimum absolute atomic E-state index is 0.0439. The molecule has 1 aromatic heterocycles. The molecule has 1 aromatic carbocycles. The van der Waals surface area contributed by atoms with Crippen molar-refractivity contribution >= 4 is 17.2 Å². The maximum atomic E-state index is 12.0. The van der Waals surface area contributed by atoms with E-state index in [-0.39, 0.29) is 5.91 Å². The normalized spacial score (nSPS) is 10.5. The topological polar surface area (TPSA) is 68.0 Å². The minimum Gasteiger partial charge on any atom is -0.352 e. The molecule has 2 aromatic rings. The predicted octanol–water partition coefficient (Wildman–Crippen LogP) is 1.93. The van der Waals surface area contributed by atoms with Crippen molar-refractivity contribution in [3.8, 4) is 0 Å². The largest absolute Gasteiger partial charge is 0.352 e. The van der Waals surface area contributed by atoms with E-state index in [0.29, 0.717) is 18.7 Å². The first-order valence-corrected chi connectivity index (χ1v) is 7.55. The van der Waals surface area contributed by atoms with Crippen LogP contribution in [-0.4, -0.2) is 24.0 Å². The molecule has 0 aliphatic heterocycles. The molecular formula is C15H19N3OS. The molecule has 1 heterocycles. The van der Waals surface area contributed by atoms with Gasteiger partial charge in [-0.15, -0.1) is 11.3 Å². The van der Waals surface area contributed by atoms with E-state index >= 15 is 0 Å². The fraction of sp³-hybridized carbons (Fsp3) is 0.333. The van der Waals surface area contributed by atoms with Crippen LogP contribution in [0.5, 0.6) is 0 Å². The van der Waals surface area contributed by atoms with Gasteiger partial charge in [0.1, 0.15) is 0 Å². The number of thiazole rings is 1. The van der Waals surface area contributed by atoms with Crippen molar-refractivity contribution in [2.45, 2.75) is 19.8 Å². The maximum Gasteiger partial charge on any atom is 0.251 e. The molecule has 0 atom stereocenters. The van der Waals surface area contributed by atoms with E-state index in [1.54, 1.807) is 11.3 Å². The minimum atomic E-state index is -0.0439. The van der Waals surface area contributed by atoms with Crippen LogP contribution in [0.1, 0.15) is 26.6 Å². The Balaban J connectivity index is 1.82. The molecule has 20 heavy (non-hydrogen) atoms. The SMILES string of the molecule is Cc1csc(CCNC(=O)c2ccc(CCN)cc2)n1. The summed E-state index contributed by atoms with van der Waals surface area (Å²) in [4.78, 5) is 16.3. The average Bonchev–Trinajstić information content (AvgIpc) is 2.85. The van der Waals surface area contributed by atoms with Gasteiger partial charge < -0.3 is 11.1 Å². The number of benzene rings is 1. The van der Waals surface area contributed by atoms with Crippen molar-refractivity contribution in [1.29, 1.82) is 0 Å². The molecule has 5 heteroatoms. The number of carbonyl (C=O) groups excluding carboxylic acids is 1. The third kappa shape index (κ3) is 4.15. The van der Waals surface area contributed by atoms with Crippen LogP contribution < -0.4 is 11.1 Å². The van der Waals surface area contributed by atoms with Crippen molar-refractivity contribution < 1.29 is 4.79 Å². The second-order valence-corrected chi connectivity index (χ2v) is 5.57. The number of aromatic nitrogens is 1. The van der Waals surface area contributed by atoms with Gasteiger partial charge in [-0.05, 0) is 37.6 Å². The van der Waals surface area contributed by atoms with E-state index in [4.69, 9.17) is 5.73 Å².